The third-order valence-electron chi connectivity index (χ3n) is 4.89. The van der Waals surface area contributed by atoms with E-state index in [1.807, 2.05) is 0 Å². The van der Waals surface area contributed by atoms with Crippen molar-refractivity contribution in [1.29, 1.82) is 0 Å². The molecule has 2 heteroatoms. The minimum absolute atomic E-state index is 0.230. The molecule has 0 nitrogen and oxygen atoms in total. The predicted octanol–water partition coefficient (Wildman–Crippen LogP) is 6.78. The van der Waals surface area contributed by atoms with Gasteiger partial charge in [0.2, 0.25) is 0 Å². The Hall–Kier alpha value is -0.600. The lowest BCUT2D eigenvalue weighted by Crippen LogP contribution is -2.06. The Morgan fingerprint density at radius 2 is 1.19 bits per heavy atom. The molecule has 0 spiro atoms. The quantitative estimate of drug-likeness (QED) is 0.479. The van der Waals surface area contributed by atoms with Crippen LogP contribution in [0.3, 0.4) is 0 Å². The minimum Gasteiger partial charge on any atom is -0.0786 e. The number of hydrogen-bond acceptors (Lipinski definition) is 0. The summed E-state index contributed by atoms with van der Waals surface area (Å²) >= 11 is 7.60. The van der Waals surface area contributed by atoms with E-state index in [-0.39, 0.29) is 4.83 Å². The molecule has 0 heterocycles. The van der Waals surface area contributed by atoms with E-state index in [0.29, 0.717) is 0 Å². The van der Waals surface area contributed by atoms with Crippen LogP contribution in [0.4, 0.5) is 0 Å². The smallest absolute Gasteiger partial charge is 0.0652 e. The summed E-state index contributed by atoms with van der Waals surface area (Å²) in [7, 11) is 0. The van der Waals surface area contributed by atoms with Gasteiger partial charge in [0.05, 0.1) is 4.83 Å². The van der Waals surface area contributed by atoms with Crippen LogP contribution in [0.15, 0.2) is 22.7 Å². The normalized spacial score (nSPS) is 12.6. The van der Waals surface area contributed by atoms with Gasteiger partial charge in [0, 0.05) is 4.47 Å². The third-order valence-corrected chi connectivity index (χ3v) is 6.70. The molecule has 0 aliphatic rings. The molecule has 0 saturated heterocycles. The Labute approximate surface area is 145 Å². The predicted molar refractivity (Wildman–Crippen MR) is 99.8 cm³/mol. The van der Waals surface area contributed by atoms with Crippen molar-refractivity contribution in [2.75, 3.05) is 0 Å². The lowest BCUT2D eigenvalue weighted by atomic mass is 9.86. The molecule has 0 radical (unpaired) electrons. The summed E-state index contributed by atoms with van der Waals surface area (Å²) < 4.78 is 1.17. The van der Waals surface area contributed by atoms with Crippen molar-refractivity contribution in [2.24, 2.45) is 0 Å². The second-order valence-corrected chi connectivity index (χ2v) is 7.63. The van der Waals surface area contributed by atoms with E-state index >= 15 is 0 Å². The number of alkyl halides is 1. The molecule has 0 aromatic heterocycles. The number of halogens is 2. The van der Waals surface area contributed by atoms with E-state index < -0.39 is 0 Å². The standard InChI is InChI=1S/C19H22Br2/c1-10-11(2)13(4)18(14(5)12(10)3)19(21)16-8-7-9-17(20)15(16)6/h7-9,19H,1-6H3. The van der Waals surface area contributed by atoms with Gasteiger partial charge in [-0.3, -0.25) is 0 Å². The van der Waals surface area contributed by atoms with Gasteiger partial charge in [-0.1, -0.05) is 44.0 Å². The molecule has 2 aromatic carbocycles. The van der Waals surface area contributed by atoms with E-state index in [9.17, 15) is 0 Å². The van der Waals surface area contributed by atoms with Crippen LogP contribution in [0.2, 0.25) is 0 Å². The van der Waals surface area contributed by atoms with Gasteiger partial charge in [-0.25, -0.2) is 0 Å². The Morgan fingerprint density at radius 3 is 1.71 bits per heavy atom. The first-order valence-corrected chi connectivity index (χ1v) is 8.94. The zero-order chi connectivity index (χ0) is 15.9. The van der Waals surface area contributed by atoms with Gasteiger partial charge in [0.1, 0.15) is 0 Å². The second kappa shape index (κ2) is 6.26. The van der Waals surface area contributed by atoms with Crippen LogP contribution in [-0.4, -0.2) is 0 Å². The number of rotatable bonds is 2. The van der Waals surface area contributed by atoms with Crippen molar-refractivity contribution < 1.29 is 0 Å². The van der Waals surface area contributed by atoms with Crippen molar-refractivity contribution >= 4 is 31.9 Å². The summed E-state index contributed by atoms with van der Waals surface area (Å²) in [5, 5.41) is 0. The molecule has 0 aliphatic carbocycles. The van der Waals surface area contributed by atoms with Crippen LogP contribution in [0.25, 0.3) is 0 Å². The summed E-state index contributed by atoms with van der Waals surface area (Å²) in [5.41, 5.74) is 11.1. The summed E-state index contributed by atoms with van der Waals surface area (Å²) in [5.74, 6) is 0. The van der Waals surface area contributed by atoms with E-state index in [1.165, 1.54) is 49.0 Å². The van der Waals surface area contributed by atoms with Crippen LogP contribution >= 0.6 is 31.9 Å². The molecule has 21 heavy (non-hydrogen) atoms. The third kappa shape index (κ3) is 2.85. The molecule has 0 aliphatic heterocycles. The lowest BCUT2D eigenvalue weighted by molar-refractivity contribution is 1.04. The van der Waals surface area contributed by atoms with Gasteiger partial charge >= 0.3 is 0 Å². The fraction of sp³-hybridized carbons (Fsp3) is 0.368. The largest absolute Gasteiger partial charge is 0.0786 e. The van der Waals surface area contributed by atoms with Gasteiger partial charge in [-0.2, -0.15) is 0 Å². The molecule has 0 N–H and O–H groups in total. The van der Waals surface area contributed by atoms with Gasteiger partial charge < -0.3 is 0 Å². The van der Waals surface area contributed by atoms with E-state index in [0.717, 1.165) is 0 Å². The maximum absolute atomic E-state index is 3.95. The van der Waals surface area contributed by atoms with Crippen LogP contribution in [0.5, 0.6) is 0 Å². The molecule has 1 atom stereocenters. The highest BCUT2D eigenvalue weighted by atomic mass is 79.9. The average Bonchev–Trinajstić information content (AvgIpc) is 2.46. The zero-order valence-electron chi connectivity index (χ0n) is 13.6. The first-order valence-electron chi connectivity index (χ1n) is 7.23. The fourth-order valence-corrected chi connectivity index (χ4v) is 4.53. The average molecular weight is 410 g/mol. The highest BCUT2D eigenvalue weighted by Gasteiger charge is 2.21. The summed E-state index contributed by atoms with van der Waals surface area (Å²) in [4.78, 5) is 0.230. The Kier molecular flexibility index (Phi) is 4.99. The van der Waals surface area contributed by atoms with E-state index in [1.54, 1.807) is 0 Å². The van der Waals surface area contributed by atoms with E-state index in [4.69, 9.17) is 0 Å². The minimum atomic E-state index is 0.230. The van der Waals surface area contributed by atoms with E-state index in [2.05, 4.69) is 91.6 Å². The van der Waals surface area contributed by atoms with Crippen LogP contribution < -0.4 is 0 Å². The van der Waals surface area contributed by atoms with Crippen molar-refractivity contribution in [2.45, 2.75) is 46.4 Å². The maximum atomic E-state index is 3.95. The second-order valence-electron chi connectivity index (χ2n) is 5.86. The highest BCUT2D eigenvalue weighted by Crippen LogP contribution is 2.40. The Balaban J connectivity index is 2.70. The SMILES string of the molecule is Cc1c(Br)cccc1C(Br)c1c(C)c(C)c(C)c(C)c1C. The molecular formula is C19H22Br2. The first kappa shape index (κ1) is 16.8. The molecular weight excluding hydrogens is 388 g/mol. The molecule has 1 unspecified atom stereocenters. The molecule has 0 saturated carbocycles. The van der Waals surface area contributed by atoms with Crippen LogP contribution in [0.1, 0.15) is 49.3 Å². The maximum Gasteiger partial charge on any atom is 0.0652 e. The topological polar surface area (TPSA) is 0 Å². The van der Waals surface area contributed by atoms with Gasteiger partial charge in [0.25, 0.3) is 0 Å². The summed E-state index contributed by atoms with van der Waals surface area (Å²) in [6.07, 6.45) is 0. The van der Waals surface area contributed by atoms with Crippen LogP contribution in [0, 0.1) is 41.5 Å². The van der Waals surface area contributed by atoms with Crippen molar-refractivity contribution in [3.05, 3.63) is 67.2 Å². The molecule has 2 rings (SSSR count). The fourth-order valence-electron chi connectivity index (χ4n) is 2.96. The van der Waals surface area contributed by atoms with Gasteiger partial charge in [-0.05, 0) is 92.1 Å². The van der Waals surface area contributed by atoms with Crippen molar-refractivity contribution in [1.82, 2.24) is 0 Å². The summed E-state index contributed by atoms with van der Waals surface area (Å²) in [6.45, 7) is 13.3. The Morgan fingerprint density at radius 1 is 0.714 bits per heavy atom. The Bertz CT molecular complexity index is 670. The first-order chi connectivity index (χ1) is 9.77. The number of hydrogen-bond donors (Lipinski definition) is 0. The monoisotopic (exact) mass is 408 g/mol. The van der Waals surface area contributed by atoms with Crippen molar-refractivity contribution in [3.63, 3.8) is 0 Å². The zero-order valence-corrected chi connectivity index (χ0v) is 16.7. The lowest BCUT2D eigenvalue weighted by Gasteiger charge is -2.24. The molecule has 0 fully saturated rings. The molecule has 2 aromatic rings. The molecule has 112 valence electrons. The molecule has 0 amide bonds. The highest BCUT2D eigenvalue weighted by molar-refractivity contribution is 9.10. The van der Waals surface area contributed by atoms with Crippen LogP contribution in [-0.2, 0) is 0 Å². The van der Waals surface area contributed by atoms with Gasteiger partial charge in [0.15, 0.2) is 0 Å². The molecule has 0 bridgehead atoms. The number of benzene rings is 2. The van der Waals surface area contributed by atoms with Gasteiger partial charge in [-0.15, -0.1) is 0 Å². The van der Waals surface area contributed by atoms with Crippen molar-refractivity contribution in [3.8, 4) is 0 Å². The summed E-state index contributed by atoms with van der Waals surface area (Å²) in [6, 6.07) is 6.42.